The van der Waals surface area contributed by atoms with Gasteiger partial charge in [0.2, 0.25) is 0 Å². The van der Waals surface area contributed by atoms with Gasteiger partial charge in [-0.2, -0.15) is 0 Å². The summed E-state index contributed by atoms with van der Waals surface area (Å²) in [7, 11) is 0. The van der Waals surface area contributed by atoms with Crippen molar-refractivity contribution in [1.29, 1.82) is 0 Å². The van der Waals surface area contributed by atoms with Crippen LogP contribution in [-0.2, 0) is 6.54 Å². The molecule has 0 radical (unpaired) electrons. The molecule has 2 nitrogen and oxygen atoms in total. The van der Waals surface area contributed by atoms with Crippen molar-refractivity contribution >= 4 is 0 Å². The van der Waals surface area contributed by atoms with Crippen LogP contribution in [0.2, 0.25) is 0 Å². The van der Waals surface area contributed by atoms with Crippen molar-refractivity contribution in [3.63, 3.8) is 0 Å². The number of aromatic nitrogens is 2. The molecule has 0 atom stereocenters. The summed E-state index contributed by atoms with van der Waals surface area (Å²) in [6.45, 7) is 5.58. The molecule has 18 heavy (non-hydrogen) atoms. The first-order valence-corrected chi connectivity index (χ1v) is 6.80. The summed E-state index contributed by atoms with van der Waals surface area (Å²) in [5, 5.41) is 0. The smallest absolute Gasteiger partial charge is 0.0267 e. The summed E-state index contributed by atoms with van der Waals surface area (Å²) in [6.07, 6.45) is 13.3. The van der Waals surface area contributed by atoms with Crippen LogP contribution in [0.4, 0.5) is 0 Å². The molecule has 2 heteroatoms. The maximum Gasteiger partial charge on any atom is 0.0267 e. The van der Waals surface area contributed by atoms with Crippen molar-refractivity contribution in [1.82, 2.24) is 9.55 Å². The van der Waals surface area contributed by atoms with Crippen LogP contribution < -0.4 is 0 Å². The van der Waals surface area contributed by atoms with E-state index in [0.717, 1.165) is 0 Å². The standard InChI is InChI=1S/C11H19N.C5H5N/c1-3-4-5-6-8-12-9-7-11(2)10-12;1-2-4-6-5-3-1/h7,9-10H,3-6,8H2,1-2H3;1-5H. The second-order valence-electron chi connectivity index (χ2n) is 4.51. The highest BCUT2D eigenvalue weighted by atomic mass is 14.9. The Morgan fingerprint density at radius 2 is 1.83 bits per heavy atom. The van der Waals surface area contributed by atoms with E-state index in [2.05, 4.69) is 41.9 Å². The molecule has 0 amide bonds. The minimum Gasteiger partial charge on any atom is -0.354 e. The van der Waals surface area contributed by atoms with Gasteiger partial charge in [-0.25, -0.2) is 0 Å². The first-order valence-electron chi connectivity index (χ1n) is 6.80. The quantitative estimate of drug-likeness (QED) is 0.710. The van der Waals surface area contributed by atoms with Gasteiger partial charge < -0.3 is 4.57 Å². The number of rotatable bonds is 5. The van der Waals surface area contributed by atoms with E-state index in [1.54, 1.807) is 12.4 Å². The summed E-state index contributed by atoms with van der Waals surface area (Å²) in [6, 6.07) is 7.88. The molecule has 2 rings (SSSR count). The van der Waals surface area contributed by atoms with Crippen molar-refractivity contribution in [2.24, 2.45) is 0 Å². The molecule has 0 unspecified atom stereocenters. The van der Waals surface area contributed by atoms with E-state index in [9.17, 15) is 0 Å². The second-order valence-corrected chi connectivity index (χ2v) is 4.51. The Hall–Kier alpha value is -1.57. The van der Waals surface area contributed by atoms with E-state index in [1.165, 1.54) is 37.8 Å². The van der Waals surface area contributed by atoms with E-state index >= 15 is 0 Å². The third-order valence-electron chi connectivity index (χ3n) is 2.73. The van der Waals surface area contributed by atoms with E-state index in [0.29, 0.717) is 0 Å². The largest absolute Gasteiger partial charge is 0.354 e. The first kappa shape index (κ1) is 14.5. The molecule has 2 heterocycles. The Balaban J connectivity index is 0.000000225. The number of aryl methyl sites for hydroxylation is 2. The number of hydrogen-bond donors (Lipinski definition) is 0. The number of unbranched alkanes of at least 4 members (excludes halogenated alkanes) is 3. The van der Waals surface area contributed by atoms with E-state index in [1.807, 2.05) is 18.2 Å². The molecular formula is C16H24N2. The van der Waals surface area contributed by atoms with Gasteiger partial charge >= 0.3 is 0 Å². The number of nitrogens with zero attached hydrogens (tertiary/aromatic N) is 2. The fourth-order valence-electron chi connectivity index (χ4n) is 1.73. The van der Waals surface area contributed by atoms with Gasteiger partial charge in [-0.15, -0.1) is 0 Å². The van der Waals surface area contributed by atoms with Crippen LogP contribution in [0.1, 0.15) is 38.2 Å². The zero-order valence-electron chi connectivity index (χ0n) is 11.5. The van der Waals surface area contributed by atoms with Crippen molar-refractivity contribution < 1.29 is 0 Å². The maximum absolute atomic E-state index is 3.78. The Labute approximate surface area is 111 Å². The molecule has 98 valence electrons. The lowest BCUT2D eigenvalue weighted by atomic mass is 10.2. The molecule has 0 N–H and O–H groups in total. The van der Waals surface area contributed by atoms with Gasteiger partial charge in [0, 0.05) is 31.3 Å². The van der Waals surface area contributed by atoms with Crippen LogP contribution in [0.15, 0.2) is 49.1 Å². The second kappa shape index (κ2) is 9.46. The Morgan fingerprint density at radius 3 is 2.28 bits per heavy atom. The molecule has 0 aliphatic carbocycles. The van der Waals surface area contributed by atoms with Gasteiger partial charge in [-0.3, -0.25) is 4.98 Å². The molecule has 0 bridgehead atoms. The van der Waals surface area contributed by atoms with Gasteiger partial charge in [0.25, 0.3) is 0 Å². The molecule has 0 fully saturated rings. The Bertz CT molecular complexity index is 366. The van der Waals surface area contributed by atoms with Crippen molar-refractivity contribution in [3.05, 3.63) is 54.6 Å². The molecule has 0 aliphatic rings. The average Bonchev–Trinajstić information content (AvgIpc) is 2.83. The minimum absolute atomic E-state index is 1.19. The normalized spacial score (nSPS) is 9.67. The monoisotopic (exact) mass is 244 g/mol. The lowest BCUT2D eigenvalue weighted by molar-refractivity contribution is 0.584. The van der Waals surface area contributed by atoms with E-state index < -0.39 is 0 Å². The lowest BCUT2D eigenvalue weighted by Gasteiger charge is -2.01. The lowest BCUT2D eigenvalue weighted by Crippen LogP contribution is -1.93. The molecule has 0 aromatic carbocycles. The maximum atomic E-state index is 3.78. The summed E-state index contributed by atoms with van der Waals surface area (Å²) < 4.78 is 2.28. The molecule has 2 aromatic heterocycles. The highest BCUT2D eigenvalue weighted by molar-refractivity contribution is 5.06. The summed E-state index contributed by atoms with van der Waals surface area (Å²) in [4.78, 5) is 3.78. The molecule has 0 spiro atoms. The minimum atomic E-state index is 1.19. The zero-order valence-corrected chi connectivity index (χ0v) is 11.5. The van der Waals surface area contributed by atoms with E-state index in [4.69, 9.17) is 0 Å². The molecule has 0 saturated carbocycles. The van der Waals surface area contributed by atoms with Gasteiger partial charge in [-0.1, -0.05) is 32.3 Å². The van der Waals surface area contributed by atoms with Crippen LogP contribution in [0.25, 0.3) is 0 Å². The fraction of sp³-hybridized carbons (Fsp3) is 0.438. The van der Waals surface area contributed by atoms with Crippen LogP contribution in [-0.4, -0.2) is 9.55 Å². The Kier molecular flexibility index (Phi) is 7.61. The van der Waals surface area contributed by atoms with Crippen LogP contribution in [0.3, 0.4) is 0 Å². The highest BCUT2D eigenvalue weighted by Crippen LogP contribution is 2.04. The van der Waals surface area contributed by atoms with Gasteiger partial charge in [0.1, 0.15) is 0 Å². The van der Waals surface area contributed by atoms with Crippen LogP contribution in [0.5, 0.6) is 0 Å². The molecular weight excluding hydrogens is 220 g/mol. The third kappa shape index (κ3) is 6.89. The predicted molar refractivity (Wildman–Crippen MR) is 77.5 cm³/mol. The first-order chi connectivity index (χ1) is 8.83. The third-order valence-corrected chi connectivity index (χ3v) is 2.73. The summed E-state index contributed by atoms with van der Waals surface area (Å²) in [5.41, 5.74) is 1.37. The SMILES string of the molecule is CCCCCCn1ccc(C)c1.c1ccncc1. The van der Waals surface area contributed by atoms with Gasteiger partial charge in [-0.05, 0) is 37.1 Å². The Morgan fingerprint density at radius 1 is 1.06 bits per heavy atom. The topological polar surface area (TPSA) is 17.8 Å². The summed E-state index contributed by atoms with van der Waals surface area (Å²) >= 11 is 0. The van der Waals surface area contributed by atoms with Gasteiger partial charge in [0.15, 0.2) is 0 Å². The number of hydrogen-bond acceptors (Lipinski definition) is 1. The van der Waals surface area contributed by atoms with Gasteiger partial charge in [0.05, 0.1) is 0 Å². The number of pyridine rings is 1. The zero-order chi connectivity index (χ0) is 13.1. The molecule has 0 saturated heterocycles. The van der Waals surface area contributed by atoms with Crippen LogP contribution >= 0.6 is 0 Å². The van der Waals surface area contributed by atoms with Crippen molar-refractivity contribution in [2.75, 3.05) is 0 Å². The van der Waals surface area contributed by atoms with Crippen LogP contribution in [0, 0.1) is 6.92 Å². The van der Waals surface area contributed by atoms with Crippen molar-refractivity contribution in [2.45, 2.75) is 46.1 Å². The van der Waals surface area contributed by atoms with Crippen molar-refractivity contribution in [3.8, 4) is 0 Å². The molecule has 0 aliphatic heterocycles. The molecule has 2 aromatic rings. The average molecular weight is 244 g/mol. The summed E-state index contributed by atoms with van der Waals surface area (Å²) in [5.74, 6) is 0. The van der Waals surface area contributed by atoms with E-state index in [-0.39, 0.29) is 0 Å². The highest BCUT2D eigenvalue weighted by Gasteiger charge is 1.91. The fourth-order valence-corrected chi connectivity index (χ4v) is 1.73. The predicted octanol–water partition coefficient (Wildman–Crippen LogP) is 4.46.